The van der Waals surface area contributed by atoms with Crippen LogP contribution in [0.2, 0.25) is 0 Å². The smallest absolute Gasteiger partial charge is 0.141 e. The van der Waals surface area contributed by atoms with Gasteiger partial charge in [-0.2, -0.15) is 5.10 Å². The lowest BCUT2D eigenvalue weighted by atomic mass is 9.70. The molecule has 3 heterocycles. The highest BCUT2D eigenvalue weighted by Crippen LogP contribution is 2.45. The van der Waals surface area contributed by atoms with Gasteiger partial charge in [0.05, 0.1) is 30.0 Å². The van der Waals surface area contributed by atoms with Crippen LogP contribution < -0.4 is 9.47 Å². The van der Waals surface area contributed by atoms with Crippen LogP contribution in [0.4, 0.5) is 0 Å². The van der Waals surface area contributed by atoms with Crippen molar-refractivity contribution in [1.82, 2.24) is 19.3 Å². The van der Waals surface area contributed by atoms with E-state index >= 15 is 0 Å². The minimum absolute atomic E-state index is 0.0385. The van der Waals surface area contributed by atoms with E-state index < -0.39 is 0 Å². The average Bonchev–Trinajstić information content (AvgIpc) is 3.69. The highest BCUT2D eigenvalue weighted by atomic mass is 16.5. The molecule has 0 aliphatic carbocycles. The highest BCUT2D eigenvalue weighted by Gasteiger charge is 2.31. The van der Waals surface area contributed by atoms with Crippen molar-refractivity contribution in [2.75, 3.05) is 7.11 Å². The van der Waals surface area contributed by atoms with Crippen LogP contribution in [0.5, 0.6) is 17.2 Å². The Balaban J connectivity index is 1.28. The Morgan fingerprint density at radius 2 is 1.32 bits per heavy atom. The number of ether oxygens (including phenoxy) is 2. The molecule has 0 unspecified atom stereocenters. The lowest BCUT2D eigenvalue weighted by Gasteiger charge is -2.34. The lowest BCUT2D eigenvalue weighted by molar-refractivity contribution is 0.414. The van der Waals surface area contributed by atoms with Gasteiger partial charge in [0.1, 0.15) is 23.1 Å². The van der Waals surface area contributed by atoms with E-state index in [2.05, 4.69) is 116 Å². The van der Waals surface area contributed by atoms with Gasteiger partial charge in [-0.3, -0.25) is 4.57 Å². The molecule has 0 aliphatic rings. The van der Waals surface area contributed by atoms with E-state index in [4.69, 9.17) is 19.6 Å². The predicted octanol–water partition coefficient (Wildman–Crippen LogP) is 11.4. The van der Waals surface area contributed by atoms with E-state index in [1.807, 2.05) is 47.3 Å². The Hall–Kier alpha value is -5.36. The Kier molecular flexibility index (Phi) is 8.09. The first kappa shape index (κ1) is 33.2. The zero-order valence-electron chi connectivity index (χ0n) is 30.8. The van der Waals surface area contributed by atoms with E-state index in [1.165, 1.54) is 33.4 Å². The number of fused-ring (bicyclic) bond motifs is 3. The van der Waals surface area contributed by atoms with E-state index in [0.717, 1.165) is 56.1 Å². The van der Waals surface area contributed by atoms with Gasteiger partial charge in [0.2, 0.25) is 0 Å². The van der Waals surface area contributed by atoms with E-state index in [9.17, 15) is 0 Å². The number of methoxy groups -OCH3 is 1. The minimum atomic E-state index is -0.0385. The van der Waals surface area contributed by atoms with E-state index in [-0.39, 0.29) is 10.8 Å². The van der Waals surface area contributed by atoms with Gasteiger partial charge in [-0.1, -0.05) is 65.8 Å². The molecule has 6 heteroatoms. The SMILES string of the molecule is COc1ccnc(-n2c3ccccc3c3ccc(Oc4cccc(-n5cc(-c6c(C(C)(C)C)c(C)c(C)c(C)c6C(C)(C)C)cn5)c4)cc32)c1. The van der Waals surface area contributed by atoms with Gasteiger partial charge in [-0.05, 0) is 101 Å². The summed E-state index contributed by atoms with van der Waals surface area (Å²) in [6.45, 7) is 20.7. The van der Waals surface area contributed by atoms with Crippen molar-refractivity contribution < 1.29 is 9.47 Å². The Morgan fingerprint density at radius 1 is 0.640 bits per heavy atom. The van der Waals surface area contributed by atoms with Crippen molar-refractivity contribution in [3.8, 4) is 39.9 Å². The van der Waals surface area contributed by atoms with Crippen LogP contribution in [0.15, 0.2) is 97.5 Å². The summed E-state index contributed by atoms with van der Waals surface area (Å²) in [5.74, 6) is 3.00. The quantitative estimate of drug-likeness (QED) is 0.178. The fraction of sp³-hybridized carbons (Fsp3) is 0.273. The topological polar surface area (TPSA) is 54.1 Å². The largest absolute Gasteiger partial charge is 0.497 e. The van der Waals surface area contributed by atoms with E-state index in [0.29, 0.717) is 0 Å². The molecule has 0 bridgehead atoms. The first-order chi connectivity index (χ1) is 23.8. The zero-order chi connectivity index (χ0) is 35.5. The molecule has 0 N–H and O–H groups in total. The fourth-order valence-electron chi connectivity index (χ4n) is 7.65. The summed E-state index contributed by atoms with van der Waals surface area (Å²) in [6, 6.07) is 26.5. The van der Waals surface area contributed by atoms with Crippen molar-refractivity contribution in [2.45, 2.75) is 73.1 Å². The van der Waals surface area contributed by atoms with Crippen molar-refractivity contribution >= 4 is 21.8 Å². The predicted molar refractivity (Wildman–Crippen MR) is 206 cm³/mol. The molecule has 7 aromatic rings. The molecule has 0 fully saturated rings. The van der Waals surface area contributed by atoms with Gasteiger partial charge in [-0.25, -0.2) is 9.67 Å². The van der Waals surface area contributed by atoms with Crippen LogP contribution >= 0.6 is 0 Å². The van der Waals surface area contributed by atoms with Gasteiger partial charge in [0, 0.05) is 46.9 Å². The van der Waals surface area contributed by atoms with Crippen molar-refractivity contribution in [1.29, 1.82) is 0 Å². The van der Waals surface area contributed by atoms with Gasteiger partial charge >= 0.3 is 0 Å². The molecule has 0 amide bonds. The Bertz CT molecular complexity index is 2360. The molecular formula is C44H46N4O2. The normalized spacial score (nSPS) is 12.2. The number of aromatic nitrogens is 4. The van der Waals surface area contributed by atoms with Crippen LogP contribution in [0.1, 0.15) is 69.4 Å². The van der Waals surface area contributed by atoms with Gasteiger partial charge in [-0.15, -0.1) is 0 Å². The maximum atomic E-state index is 6.54. The lowest BCUT2D eigenvalue weighted by Crippen LogP contribution is -2.23. The van der Waals surface area contributed by atoms with Gasteiger partial charge in [0.15, 0.2) is 0 Å². The molecule has 7 rings (SSSR count). The molecule has 4 aromatic carbocycles. The van der Waals surface area contributed by atoms with Crippen LogP contribution in [0.25, 0.3) is 44.4 Å². The monoisotopic (exact) mass is 662 g/mol. The van der Waals surface area contributed by atoms with Crippen LogP contribution in [-0.4, -0.2) is 26.4 Å². The first-order valence-corrected chi connectivity index (χ1v) is 17.3. The number of para-hydroxylation sites is 1. The molecule has 0 aliphatic heterocycles. The zero-order valence-corrected chi connectivity index (χ0v) is 30.8. The Labute approximate surface area is 295 Å². The summed E-state index contributed by atoms with van der Waals surface area (Å²) in [5, 5.41) is 7.18. The third-order valence-corrected chi connectivity index (χ3v) is 9.89. The molecule has 0 saturated heterocycles. The van der Waals surface area contributed by atoms with Crippen LogP contribution in [0.3, 0.4) is 0 Å². The second kappa shape index (κ2) is 12.2. The molecule has 3 aromatic heterocycles. The van der Waals surface area contributed by atoms with Crippen molar-refractivity contribution in [3.05, 3.63) is 125 Å². The van der Waals surface area contributed by atoms with Crippen molar-refractivity contribution in [2.24, 2.45) is 0 Å². The second-order valence-electron chi connectivity index (χ2n) is 15.4. The Morgan fingerprint density at radius 3 is 2.02 bits per heavy atom. The standard InChI is InChI=1S/C44H46N4O2/c1-27-28(2)41(43(4,5)6)40(42(29(27)3)44(7,8)9)30-25-46-47(26-30)31-14-13-15-33(22-31)50-34-18-19-36-35-16-11-12-17-37(35)48(38(36)23-34)39-24-32(49-10)20-21-45-39/h11-26H,1-10H3. The summed E-state index contributed by atoms with van der Waals surface area (Å²) in [7, 11) is 1.67. The highest BCUT2D eigenvalue weighted by molar-refractivity contribution is 6.09. The minimum Gasteiger partial charge on any atom is -0.497 e. The summed E-state index contributed by atoms with van der Waals surface area (Å²) in [5.41, 5.74) is 12.2. The number of pyridine rings is 1. The van der Waals surface area contributed by atoms with Crippen molar-refractivity contribution in [3.63, 3.8) is 0 Å². The van der Waals surface area contributed by atoms with E-state index in [1.54, 1.807) is 13.3 Å². The number of hydrogen-bond donors (Lipinski definition) is 0. The van der Waals surface area contributed by atoms with Gasteiger partial charge in [0.25, 0.3) is 0 Å². The number of rotatable bonds is 6. The molecule has 0 atom stereocenters. The summed E-state index contributed by atoms with van der Waals surface area (Å²) >= 11 is 0. The summed E-state index contributed by atoms with van der Waals surface area (Å²) in [6.07, 6.45) is 5.95. The number of hydrogen-bond acceptors (Lipinski definition) is 4. The maximum Gasteiger partial charge on any atom is 0.141 e. The summed E-state index contributed by atoms with van der Waals surface area (Å²) < 4.78 is 16.2. The molecule has 254 valence electrons. The molecule has 0 spiro atoms. The fourth-order valence-corrected chi connectivity index (χ4v) is 7.65. The molecule has 0 radical (unpaired) electrons. The summed E-state index contributed by atoms with van der Waals surface area (Å²) in [4.78, 5) is 4.70. The molecule has 6 nitrogen and oxygen atoms in total. The number of benzene rings is 4. The van der Waals surface area contributed by atoms with Crippen LogP contribution in [-0.2, 0) is 10.8 Å². The van der Waals surface area contributed by atoms with Crippen LogP contribution in [0, 0.1) is 20.8 Å². The average molecular weight is 663 g/mol. The molecule has 0 saturated carbocycles. The van der Waals surface area contributed by atoms with Gasteiger partial charge < -0.3 is 9.47 Å². The third kappa shape index (κ3) is 5.73. The number of nitrogens with zero attached hydrogens (tertiary/aromatic N) is 4. The maximum absolute atomic E-state index is 6.54. The molecular weight excluding hydrogens is 617 g/mol. The second-order valence-corrected chi connectivity index (χ2v) is 15.4. The molecule has 50 heavy (non-hydrogen) atoms. The third-order valence-electron chi connectivity index (χ3n) is 9.89. The first-order valence-electron chi connectivity index (χ1n) is 17.3.